The Morgan fingerprint density at radius 2 is 1.96 bits per heavy atom. The molecule has 2 aromatic carbocycles. The highest BCUT2D eigenvalue weighted by Crippen LogP contribution is 2.20. The Morgan fingerprint density at radius 3 is 2.69 bits per heavy atom. The van der Waals surface area contributed by atoms with Crippen molar-refractivity contribution in [1.82, 2.24) is 10.2 Å². The molecule has 1 N–H and O–H groups in total. The molecule has 26 heavy (non-hydrogen) atoms. The number of thioether (sulfide) groups is 1. The minimum absolute atomic E-state index is 0.0402. The number of aromatic nitrogens is 2. The number of hydrogen-bond donors (Lipinski definition) is 1. The van der Waals surface area contributed by atoms with Crippen molar-refractivity contribution in [3.05, 3.63) is 65.8 Å². The maximum atomic E-state index is 13.5. The molecule has 0 atom stereocenters. The summed E-state index contributed by atoms with van der Waals surface area (Å²) in [4.78, 5) is 11.9. The molecule has 8 heteroatoms. The number of benzene rings is 2. The van der Waals surface area contributed by atoms with Gasteiger partial charge in [-0.1, -0.05) is 36.0 Å². The summed E-state index contributed by atoms with van der Waals surface area (Å²) in [5, 5.41) is 10.7. The van der Waals surface area contributed by atoms with Crippen LogP contribution in [0.1, 0.15) is 11.5 Å². The van der Waals surface area contributed by atoms with Gasteiger partial charge < -0.3 is 14.5 Å². The number of carbonyl (C=O) groups is 1. The Morgan fingerprint density at radius 1 is 1.19 bits per heavy atom. The number of nitrogens with one attached hydrogen (secondary N) is 1. The van der Waals surface area contributed by atoms with E-state index in [1.54, 1.807) is 19.2 Å². The summed E-state index contributed by atoms with van der Waals surface area (Å²) < 4.78 is 24.1. The number of hydrogen-bond acceptors (Lipinski definition) is 6. The number of nitrogens with zero attached hydrogens (tertiary/aromatic N) is 2. The van der Waals surface area contributed by atoms with Crippen molar-refractivity contribution in [3.8, 4) is 5.75 Å². The highest BCUT2D eigenvalue weighted by molar-refractivity contribution is 7.99. The number of ether oxygens (including phenoxy) is 1. The predicted octanol–water partition coefficient (Wildman–Crippen LogP) is 3.54. The highest BCUT2D eigenvalue weighted by Gasteiger charge is 2.11. The van der Waals surface area contributed by atoms with Gasteiger partial charge in [0.25, 0.3) is 5.22 Å². The zero-order chi connectivity index (χ0) is 18.4. The molecule has 0 radical (unpaired) electrons. The number of methoxy groups -OCH3 is 1. The summed E-state index contributed by atoms with van der Waals surface area (Å²) in [5.74, 6) is 0.433. The third-order valence-electron chi connectivity index (χ3n) is 3.44. The molecule has 0 aliphatic heterocycles. The van der Waals surface area contributed by atoms with E-state index in [0.717, 1.165) is 23.1 Å². The van der Waals surface area contributed by atoms with Crippen molar-refractivity contribution in [2.75, 3.05) is 18.2 Å². The molecule has 0 aliphatic rings. The van der Waals surface area contributed by atoms with Gasteiger partial charge in [-0.3, -0.25) is 4.79 Å². The van der Waals surface area contributed by atoms with Crippen LogP contribution in [0.3, 0.4) is 0 Å². The zero-order valence-electron chi connectivity index (χ0n) is 13.9. The van der Waals surface area contributed by atoms with Crippen molar-refractivity contribution in [2.24, 2.45) is 0 Å². The van der Waals surface area contributed by atoms with Crippen molar-refractivity contribution in [3.63, 3.8) is 0 Å². The standard InChI is InChI=1S/C18H16FN3O3S/c1-24-13-8-6-12(7-9-13)10-17-21-22-18(25-17)26-11-16(23)20-15-5-3-2-4-14(15)19/h2-9H,10-11H2,1H3,(H,20,23). The number of para-hydroxylation sites is 1. The molecule has 6 nitrogen and oxygen atoms in total. The van der Waals surface area contributed by atoms with Crippen molar-refractivity contribution in [1.29, 1.82) is 0 Å². The molecule has 0 saturated heterocycles. The van der Waals surface area contributed by atoms with Crippen molar-refractivity contribution in [2.45, 2.75) is 11.6 Å². The summed E-state index contributed by atoms with van der Waals surface area (Å²) in [7, 11) is 1.61. The molecule has 0 bridgehead atoms. The van der Waals surface area contributed by atoms with Crippen LogP contribution in [0.4, 0.5) is 10.1 Å². The minimum Gasteiger partial charge on any atom is -0.497 e. The highest BCUT2D eigenvalue weighted by atomic mass is 32.2. The number of halogens is 1. The van der Waals surface area contributed by atoms with E-state index in [1.807, 2.05) is 24.3 Å². The second-order valence-electron chi connectivity index (χ2n) is 5.30. The SMILES string of the molecule is COc1ccc(Cc2nnc(SCC(=O)Nc3ccccc3F)o2)cc1. The molecule has 1 aromatic heterocycles. The van der Waals surface area contributed by atoms with Crippen LogP contribution in [0.5, 0.6) is 5.75 Å². The van der Waals surface area contributed by atoms with Crippen LogP contribution in [-0.2, 0) is 11.2 Å². The van der Waals surface area contributed by atoms with E-state index in [0.29, 0.717) is 12.3 Å². The maximum Gasteiger partial charge on any atom is 0.277 e. The first-order valence-electron chi connectivity index (χ1n) is 7.76. The number of carbonyl (C=O) groups excluding carboxylic acids is 1. The average molecular weight is 373 g/mol. The number of rotatable bonds is 7. The van der Waals surface area contributed by atoms with Crippen LogP contribution < -0.4 is 10.1 Å². The first kappa shape index (κ1) is 17.9. The largest absolute Gasteiger partial charge is 0.497 e. The van der Waals surface area contributed by atoms with E-state index in [1.165, 1.54) is 12.1 Å². The number of anilines is 1. The Balaban J connectivity index is 1.51. The second kappa shape index (κ2) is 8.48. The third-order valence-corrected chi connectivity index (χ3v) is 4.26. The summed E-state index contributed by atoms with van der Waals surface area (Å²) >= 11 is 1.10. The first-order valence-corrected chi connectivity index (χ1v) is 8.75. The van der Waals surface area contributed by atoms with Gasteiger partial charge in [-0.05, 0) is 29.8 Å². The van der Waals surface area contributed by atoms with Gasteiger partial charge in [0.2, 0.25) is 11.8 Å². The van der Waals surface area contributed by atoms with Crippen LogP contribution >= 0.6 is 11.8 Å². The first-order chi connectivity index (χ1) is 12.6. The van der Waals surface area contributed by atoms with Crippen molar-refractivity contribution < 1.29 is 18.3 Å². The van der Waals surface area contributed by atoms with Gasteiger partial charge >= 0.3 is 0 Å². The van der Waals surface area contributed by atoms with Gasteiger partial charge in [-0.15, -0.1) is 10.2 Å². The Bertz CT molecular complexity index is 883. The molecule has 0 saturated carbocycles. The maximum absolute atomic E-state index is 13.5. The average Bonchev–Trinajstić information content (AvgIpc) is 3.10. The molecule has 0 aliphatic carbocycles. The monoisotopic (exact) mass is 373 g/mol. The lowest BCUT2D eigenvalue weighted by Gasteiger charge is -2.04. The summed E-state index contributed by atoms with van der Waals surface area (Å²) in [6.07, 6.45) is 0.485. The third kappa shape index (κ3) is 4.82. The molecule has 134 valence electrons. The van der Waals surface area contributed by atoms with E-state index >= 15 is 0 Å². The van der Waals surface area contributed by atoms with Crippen molar-refractivity contribution >= 4 is 23.4 Å². The fraction of sp³-hybridized carbons (Fsp3) is 0.167. The topological polar surface area (TPSA) is 77.2 Å². The van der Waals surface area contributed by atoms with Gasteiger partial charge in [-0.2, -0.15) is 0 Å². The fourth-order valence-electron chi connectivity index (χ4n) is 2.16. The van der Waals surface area contributed by atoms with Gasteiger partial charge in [0, 0.05) is 0 Å². The summed E-state index contributed by atoms with van der Waals surface area (Å²) in [6.45, 7) is 0. The van der Waals surface area contributed by atoms with Crippen LogP contribution in [0, 0.1) is 5.82 Å². The lowest BCUT2D eigenvalue weighted by atomic mass is 10.1. The molecule has 0 spiro atoms. The van der Waals surface area contributed by atoms with E-state index < -0.39 is 5.82 Å². The minimum atomic E-state index is -0.481. The van der Waals surface area contributed by atoms with E-state index in [2.05, 4.69) is 15.5 Å². The molecule has 0 fully saturated rings. The molecule has 1 heterocycles. The van der Waals surface area contributed by atoms with Gasteiger partial charge in [0.1, 0.15) is 11.6 Å². The van der Waals surface area contributed by atoms with Gasteiger partial charge in [-0.25, -0.2) is 4.39 Å². The smallest absolute Gasteiger partial charge is 0.277 e. The van der Waals surface area contributed by atoms with Crippen LogP contribution in [0.15, 0.2) is 58.2 Å². The quantitative estimate of drug-likeness (QED) is 0.639. The Kier molecular flexibility index (Phi) is 5.85. The van der Waals surface area contributed by atoms with Crippen LogP contribution in [0.2, 0.25) is 0 Å². The Hall–Kier alpha value is -2.87. The lowest BCUT2D eigenvalue weighted by molar-refractivity contribution is -0.113. The Labute approximate surface area is 153 Å². The molecule has 1 amide bonds. The normalized spacial score (nSPS) is 10.5. The lowest BCUT2D eigenvalue weighted by Crippen LogP contribution is -2.14. The predicted molar refractivity (Wildman–Crippen MR) is 95.9 cm³/mol. The van der Waals surface area contributed by atoms with Gasteiger partial charge in [0.15, 0.2) is 0 Å². The molecule has 3 aromatic rings. The number of amides is 1. The van der Waals surface area contributed by atoms with Crippen LogP contribution in [-0.4, -0.2) is 29.0 Å². The van der Waals surface area contributed by atoms with E-state index in [9.17, 15) is 9.18 Å². The summed E-state index contributed by atoms with van der Waals surface area (Å²) in [5.41, 5.74) is 1.15. The summed E-state index contributed by atoms with van der Waals surface area (Å²) in [6, 6.07) is 13.5. The van der Waals surface area contributed by atoms with E-state index in [4.69, 9.17) is 9.15 Å². The molecule has 0 unspecified atom stereocenters. The molecule has 3 rings (SSSR count). The molecular formula is C18H16FN3O3S. The fourth-order valence-corrected chi connectivity index (χ4v) is 2.74. The zero-order valence-corrected chi connectivity index (χ0v) is 14.8. The molecular weight excluding hydrogens is 357 g/mol. The van der Waals surface area contributed by atoms with Gasteiger partial charge in [0.05, 0.1) is 25.0 Å². The van der Waals surface area contributed by atoms with E-state index in [-0.39, 0.29) is 22.6 Å². The van der Waals surface area contributed by atoms with Crippen LogP contribution in [0.25, 0.3) is 0 Å². The second-order valence-corrected chi connectivity index (χ2v) is 6.23.